The number of rotatable bonds is 7. The Balaban J connectivity index is 1.22. The summed E-state index contributed by atoms with van der Waals surface area (Å²) in [6.45, 7) is 0.399. The van der Waals surface area contributed by atoms with Crippen LogP contribution in [0.3, 0.4) is 0 Å². The molecular weight excluding hydrogens is 434 g/mol. The van der Waals surface area contributed by atoms with Crippen molar-refractivity contribution in [2.24, 2.45) is 11.8 Å². The minimum Gasteiger partial charge on any atom is -0.481 e. The highest BCUT2D eigenvalue weighted by atomic mass is 16.5. The second-order valence-corrected chi connectivity index (χ2v) is 8.50. The maximum Gasteiger partial charge on any atom is 0.411 e. The average molecular weight is 457 g/mol. The number of carboxylic acid groups (broad SMARTS) is 1. The second-order valence-electron chi connectivity index (χ2n) is 8.50. The van der Waals surface area contributed by atoms with Crippen LogP contribution in [0.15, 0.2) is 66.9 Å². The van der Waals surface area contributed by atoms with Gasteiger partial charge >= 0.3 is 12.1 Å². The fraction of sp³-hybridized carbons (Fsp3) is 0.231. The van der Waals surface area contributed by atoms with Gasteiger partial charge in [0.2, 0.25) is 0 Å². The van der Waals surface area contributed by atoms with Crippen molar-refractivity contribution in [1.29, 1.82) is 0 Å². The van der Waals surface area contributed by atoms with Crippen LogP contribution in [0.1, 0.15) is 34.0 Å². The number of nitrogens with zero attached hydrogens (tertiary/aromatic N) is 1. The number of benzene rings is 2. The molecule has 1 saturated carbocycles. The molecule has 8 heteroatoms. The van der Waals surface area contributed by atoms with Crippen LogP contribution in [0, 0.1) is 11.8 Å². The molecule has 0 radical (unpaired) electrons. The Bertz CT molecular complexity index is 1230. The van der Waals surface area contributed by atoms with Crippen molar-refractivity contribution < 1.29 is 24.2 Å². The molecule has 3 aromatic rings. The topological polar surface area (TPSA) is 118 Å². The zero-order chi connectivity index (χ0) is 23.7. The smallest absolute Gasteiger partial charge is 0.411 e. The monoisotopic (exact) mass is 457 g/mol. The Morgan fingerprint density at radius 1 is 0.971 bits per heavy atom. The maximum atomic E-state index is 12.6. The van der Waals surface area contributed by atoms with E-state index in [1.807, 2.05) is 36.4 Å². The molecular formula is C26H23N3O5. The molecule has 0 spiro atoms. The normalized spacial score (nSPS) is 17.9. The predicted octanol–water partition coefficient (Wildman–Crippen LogP) is 3.89. The standard InChI is InChI=1S/C26H23N3O5/c30-24(28-13-15-12-20(15)25(31)32)23-22(10-5-11-27-23)29-26(33)34-14-21-18-8-3-1-6-16(18)17-7-2-4-9-19(17)21/h1-11,15,20-21H,12-14H2,(H,28,30)(H,29,33)(H,31,32)/t15-,20-/m0/s1. The third-order valence-corrected chi connectivity index (χ3v) is 6.37. The van der Waals surface area contributed by atoms with Gasteiger partial charge in [0, 0.05) is 18.7 Å². The number of anilines is 1. The lowest BCUT2D eigenvalue weighted by molar-refractivity contribution is -0.138. The molecule has 0 unspecified atom stereocenters. The highest BCUT2D eigenvalue weighted by Crippen LogP contribution is 2.44. The first-order valence-electron chi connectivity index (χ1n) is 11.1. The molecule has 3 N–H and O–H groups in total. The van der Waals surface area contributed by atoms with Crippen LogP contribution >= 0.6 is 0 Å². The lowest BCUT2D eigenvalue weighted by atomic mass is 9.98. The van der Waals surface area contributed by atoms with E-state index in [1.54, 1.807) is 12.1 Å². The molecule has 172 valence electrons. The van der Waals surface area contributed by atoms with Gasteiger partial charge in [-0.3, -0.25) is 14.9 Å². The first kappa shape index (κ1) is 21.6. The quantitative estimate of drug-likeness (QED) is 0.495. The van der Waals surface area contributed by atoms with Crippen LogP contribution in [-0.4, -0.2) is 41.2 Å². The van der Waals surface area contributed by atoms with Crippen LogP contribution < -0.4 is 10.6 Å². The predicted molar refractivity (Wildman–Crippen MR) is 124 cm³/mol. The number of pyridine rings is 1. The number of hydrogen-bond acceptors (Lipinski definition) is 5. The first-order valence-corrected chi connectivity index (χ1v) is 11.1. The summed E-state index contributed by atoms with van der Waals surface area (Å²) in [5.41, 5.74) is 4.76. The van der Waals surface area contributed by atoms with Gasteiger partial charge in [0.25, 0.3) is 5.91 Å². The summed E-state index contributed by atoms with van der Waals surface area (Å²) in [6.07, 6.45) is 1.31. The molecule has 0 saturated heterocycles. The van der Waals surface area contributed by atoms with Gasteiger partial charge in [-0.2, -0.15) is 0 Å². The summed E-state index contributed by atoms with van der Waals surface area (Å²) in [5, 5.41) is 14.3. The average Bonchev–Trinajstić information content (AvgIpc) is 3.57. The van der Waals surface area contributed by atoms with Crippen LogP contribution in [0.25, 0.3) is 11.1 Å². The van der Waals surface area contributed by atoms with E-state index in [0.29, 0.717) is 6.42 Å². The van der Waals surface area contributed by atoms with Crippen molar-refractivity contribution >= 4 is 23.7 Å². The van der Waals surface area contributed by atoms with Crippen molar-refractivity contribution in [3.63, 3.8) is 0 Å². The van der Waals surface area contributed by atoms with Crippen LogP contribution in [0.4, 0.5) is 10.5 Å². The Morgan fingerprint density at radius 3 is 2.29 bits per heavy atom. The molecule has 2 atom stereocenters. The van der Waals surface area contributed by atoms with Gasteiger partial charge in [-0.25, -0.2) is 9.78 Å². The summed E-state index contributed by atoms with van der Waals surface area (Å²) < 4.78 is 5.55. The van der Waals surface area contributed by atoms with E-state index in [4.69, 9.17) is 9.84 Å². The van der Waals surface area contributed by atoms with Crippen molar-refractivity contribution in [2.75, 3.05) is 18.5 Å². The molecule has 1 fully saturated rings. The zero-order valence-electron chi connectivity index (χ0n) is 18.2. The minimum absolute atomic E-state index is 0.0449. The number of nitrogens with one attached hydrogen (secondary N) is 2. The van der Waals surface area contributed by atoms with E-state index < -0.39 is 23.9 Å². The van der Waals surface area contributed by atoms with E-state index in [-0.39, 0.29) is 36.4 Å². The first-order chi connectivity index (χ1) is 16.5. The number of amides is 2. The fourth-order valence-electron chi connectivity index (χ4n) is 4.51. The van der Waals surface area contributed by atoms with Gasteiger partial charge in [-0.05, 0) is 46.7 Å². The highest BCUT2D eigenvalue weighted by molar-refractivity contribution is 6.01. The van der Waals surface area contributed by atoms with Crippen molar-refractivity contribution in [3.8, 4) is 11.1 Å². The fourth-order valence-corrected chi connectivity index (χ4v) is 4.51. The summed E-state index contributed by atoms with van der Waals surface area (Å²) in [7, 11) is 0. The van der Waals surface area contributed by atoms with Crippen molar-refractivity contribution in [1.82, 2.24) is 10.3 Å². The van der Waals surface area contributed by atoms with E-state index in [9.17, 15) is 14.4 Å². The lowest BCUT2D eigenvalue weighted by Crippen LogP contribution is -2.29. The van der Waals surface area contributed by atoms with Gasteiger partial charge in [-0.1, -0.05) is 48.5 Å². The Labute approximate surface area is 196 Å². The van der Waals surface area contributed by atoms with E-state index in [2.05, 4.69) is 27.8 Å². The number of carbonyl (C=O) groups is 3. The van der Waals surface area contributed by atoms with E-state index in [0.717, 1.165) is 22.3 Å². The second kappa shape index (κ2) is 8.97. The number of ether oxygens (including phenoxy) is 1. The van der Waals surface area contributed by atoms with Gasteiger partial charge in [0.15, 0.2) is 5.69 Å². The van der Waals surface area contributed by atoms with Crippen LogP contribution in [-0.2, 0) is 9.53 Å². The van der Waals surface area contributed by atoms with Crippen molar-refractivity contribution in [3.05, 3.63) is 83.7 Å². The summed E-state index contributed by atoms with van der Waals surface area (Å²) in [4.78, 5) is 40.2. The summed E-state index contributed by atoms with van der Waals surface area (Å²) in [5.74, 6) is -1.90. The Morgan fingerprint density at radius 2 is 1.65 bits per heavy atom. The maximum absolute atomic E-state index is 12.6. The van der Waals surface area contributed by atoms with E-state index in [1.165, 1.54) is 6.20 Å². The summed E-state index contributed by atoms with van der Waals surface area (Å²) >= 11 is 0. The Kier molecular flexibility index (Phi) is 5.71. The molecule has 2 aliphatic rings. The molecule has 2 amide bonds. The molecule has 0 aliphatic heterocycles. The van der Waals surface area contributed by atoms with Crippen LogP contribution in [0.5, 0.6) is 0 Å². The number of carboxylic acids is 1. The number of aromatic nitrogens is 1. The highest BCUT2D eigenvalue weighted by Gasteiger charge is 2.43. The number of fused-ring (bicyclic) bond motifs is 3. The number of aliphatic carboxylic acids is 1. The molecule has 0 bridgehead atoms. The molecule has 8 nitrogen and oxygen atoms in total. The third-order valence-electron chi connectivity index (χ3n) is 6.37. The molecule has 2 aromatic carbocycles. The summed E-state index contributed by atoms with van der Waals surface area (Å²) in [6, 6.07) is 19.3. The van der Waals surface area contributed by atoms with E-state index >= 15 is 0 Å². The third kappa shape index (κ3) is 4.22. The molecule has 1 aromatic heterocycles. The largest absolute Gasteiger partial charge is 0.481 e. The van der Waals surface area contributed by atoms with Gasteiger partial charge < -0.3 is 15.2 Å². The number of carbonyl (C=O) groups excluding carboxylic acids is 2. The van der Waals surface area contributed by atoms with Gasteiger partial charge in [0.05, 0.1) is 11.6 Å². The minimum atomic E-state index is -0.852. The van der Waals surface area contributed by atoms with Crippen LogP contribution in [0.2, 0.25) is 0 Å². The zero-order valence-corrected chi connectivity index (χ0v) is 18.2. The SMILES string of the molecule is O=C(Nc1cccnc1C(=O)NC[C@@H]1C[C@@H]1C(=O)O)OCC1c2ccccc2-c2ccccc21. The van der Waals surface area contributed by atoms with Gasteiger partial charge in [-0.15, -0.1) is 0 Å². The van der Waals surface area contributed by atoms with Gasteiger partial charge in [0.1, 0.15) is 6.61 Å². The molecule has 5 rings (SSSR count). The molecule has 34 heavy (non-hydrogen) atoms. The lowest BCUT2D eigenvalue weighted by Gasteiger charge is -2.15. The molecule has 2 aliphatic carbocycles. The molecule has 1 heterocycles. The van der Waals surface area contributed by atoms with Crippen molar-refractivity contribution in [2.45, 2.75) is 12.3 Å². The Hall–Kier alpha value is -4.20. The number of hydrogen-bond donors (Lipinski definition) is 3.